The second-order valence-corrected chi connectivity index (χ2v) is 3.75. The Morgan fingerprint density at radius 2 is 1.74 bits per heavy atom. The molecule has 0 saturated carbocycles. The lowest BCUT2D eigenvalue weighted by atomic mass is 10.2. The van der Waals surface area contributed by atoms with Gasteiger partial charge in [0.25, 0.3) is 12.0 Å². The summed E-state index contributed by atoms with van der Waals surface area (Å²) < 4.78 is 26.6. The van der Waals surface area contributed by atoms with E-state index in [1.54, 1.807) is 18.2 Å². The molecule has 2 aromatic rings. The van der Waals surface area contributed by atoms with Crippen LogP contribution in [0.5, 0.6) is 0 Å². The van der Waals surface area contributed by atoms with E-state index in [2.05, 4.69) is 0 Å². The van der Waals surface area contributed by atoms with Gasteiger partial charge in [0.1, 0.15) is 5.56 Å². The minimum absolute atomic E-state index is 0.200. The zero-order valence-electron chi connectivity index (χ0n) is 9.59. The first-order valence-electron chi connectivity index (χ1n) is 5.35. The van der Waals surface area contributed by atoms with Gasteiger partial charge in [-0.25, -0.2) is 13.6 Å². The van der Waals surface area contributed by atoms with Crippen LogP contribution in [0.3, 0.4) is 0 Å². The average Bonchev–Trinajstić information content (AvgIpc) is 2.38. The van der Waals surface area contributed by atoms with Crippen molar-refractivity contribution in [2.45, 2.75) is 6.43 Å². The molecule has 0 aliphatic rings. The van der Waals surface area contributed by atoms with Crippen molar-refractivity contribution in [1.29, 1.82) is 0 Å². The lowest BCUT2D eigenvalue weighted by Crippen LogP contribution is -2.27. The van der Waals surface area contributed by atoms with Crippen molar-refractivity contribution < 1.29 is 18.7 Å². The number of hydrogen-bond donors (Lipinski definition) is 1. The molecule has 1 aromatic heterocycles. The zero-order valence-corrected chi connectivity index (χ0v) is 9.59. The van der Waals surface area contributed by atoms with Crippen LogP contribution < -0.4 is 5.56 Å². The summed E-state index contributed by atoms with van der Waals surface area (Å²) in [4.78, 5) is 22.9. The Morgan fingerprint density at radius 3 is 2.26 bits per heavy atom. The van der Waals surface area contributed by atoms with E-state index in [9.17, 15) is 18.4 Å². The van der Waals surface area contributed by atoms with Crippen LogP contribution >= 0.6 is 0 Å². The van der Waals surface area contributed by atoms with Crippen molar-refractivity contribution >= 4 is 5.97 Å². The van der Waals surface area contributed by atoms with Crippen LogP contribution in [0.25, 0.3) is 5.69 Å². The molecule has 0 aliphatic heterocycles. The number of nitrogens with zero attached hydrogens (tertiary/aromatic N) is 1. The molecule has 6 heteroatoms. The minimum atomic E-state index is -2.88. The van der Waals surface area contributed by atoms with Crippen molar-refractivity contribution in [3.8, 4) is 5.69 Å². The summed E-state index contributed by atoms with van der Waals surface area (Å²) in [5.74, 6) is -1.45. The van der Waals surface area contributed by atoms with Crippen LogP contribution in [0.2, 0.25) is 0 Å². The summed E-state index contributed by atoms with van der Waals surface area (Å²) in [5.41, 5.74) is -1.86. The fourth-order valence-corrected chi connectivity index (χ4v) is 1.73. The van der Waals surface area contributed by atoms with Crippen molar-refractivity contribution in [3.05, 3.63) is 64.1 Å². The lowest BCUT2D eigenvalue weighted by Gasteiger charge is -2.12. The van der Waals surface area contributed by atoms with Gasteiger partial charge >= 0.3 is 5.97 Å². The number of aromatic carboxylic acids is 1. The van der Waals surface area contributed by atoms with Crippen molar-refractivity contribution in [3.63, 3.8) is 0 Å². The van der Waals surface area contributed by atoms with Gasteiger partial charge in [-0.15, -0.1) is 0 Å². The minimum Gasteiger partial charge on any atom is -0.477 e. The van der Waals surface area contributed by atoms with Gasteiger partial charge in [0.15, 0.2) is 0 Å². The first kappa shape index (κ1) is 12.9. The van der Waals surface area contributed by atoms with E-state index in [1.165, 1.54) is 12.1 Å². The number of pyridine rings is 1. The predicted octanol–water partition coefficient (Wildman–Crippen LogP) is 2.47. The van der Waals surface area contributed by atoms with Crippen molar-refractivity contribution in [2.24, 2.45) is 0 Å². The monoisotopic (exact) mass is 265 g/mol. The molecule has 1 N–H and O–H groups in total. The predicted molar refractivity (Wildman–Crippen MR) is 64.0 cm³/mol. The molecule has 0 aliphatic carbocycles. The Balaban J connectivity index is 2.79. The second-order valence-electron chi connectivity index (χ2n) is 3.75. The summed E-state index contributed by atoms with van der Waals surface area (Å²) in [6.45, 7) is 0. The van der Waals surface area contributed by atoms with E-state index in [1.807, 2.05) is 0 Å². The quantitative estimate of drug-likeness (QED) is 0.927. The summed E-state index contributed by atoms with van der Waals surface area (Å²) in [6.07, 6.45) is -2.88. The van der Waals surface area contributed by atoms with E-state index in [4.69, 9.17) is 5.11 Å². The van der Waals surface area contributed by atoms with Crippen LogP contribution in [0, 0.1) is 0 Å². The number of hydrogen-bond acceptors (Lipinski definition) is 2. The molecule has 0 bridgehead atoms. The fourth-order valence-electron chi connectivity index (χ4n) is 1.73. The van der Waals surface area contributed by atoms with Crippen LogP contribution in [0.1, 0.15) is 22.5 Å². The van der Waals surface area contributed by atoms with Crippen LogP contribution in [-0.2, 0) is 0 Å². The fraction of sp³-hybridized carbons (Fsp3) is 0.0769. The Labute approximate surface area is 106 Å². The first-order valence-corrected chi connectivity index (χ1v) is 5.35. The standard InChI is InChI=1S/C13H9F2NO3/c14-11(15)10-7-6-9(13(18)19)12(17)16(10)8-4-2-1-3-5-8/h1-7,11H,(H,18,19). The van der Waals surface area contributed by atoms with E-state index >= 15 is 0 Å². The molecule has 0 saturated heterocycles. The maximum atomic E-state index is 12.9. The molecular weight excluding hydrogens is 256 g/mol. The third kappa shape index (κ3) is 2.37. The number of aromatic nitrogens is 1. The molecule has 0 spiro atoms. The molecule has 19 heavy (non-hydrogen) atoms. The Morgan fingerprint density at radius 1 is 1.11 bits per heavy atom. The third-order valence-corrected chi connectivity index (χ3v) is 2.58. The number of carboxylic acid groups (broad SMARTS) is 1. The molecule has 1 aromatic carbocycles. The number of para-hydroxylation sites is 1. The van der Waals surface area contributed by atoms with Crippen molar-refractivity contribution in [2.75, 3.05) is 0 Å². The average molecular weight is 265 g/mol. The Hall–Kier alpha value is -2.50. The molecular formula is C13H9F2NO3. The SMILES string of the molecule is O=C(O)c1ccc(C(F)F)n(-c2ccccc2)c1=O. The Bertz CT molecular complexity index is 665. The largest absolute Gasteiger partial charge is 0.477 e. The van der Waals surface area contributed by atoms with Gasteiger partial charge in [-0.1, -0.05) is 18.2 Å². The molecule has 1 heterocycles. The molecule has 0 amide bonds. The number of rotatable bonds is 3. The number of alkyl halides is 2. The van der Waals surface area contributed by atoms with Gasteiger partial charge in [0, 0.05) is 5.69 Å². The van der Waals surface area contributed by atoms with Gasteiger partial charge in [-0.2, -0.15) is 0 Å². The van der Waals surface area contributed by atoms with Gasteiger partial charge in [-0.05, 0) is 24.3 Å². The third-order valence-electron chi connectivity index (χ3n) is 2.58. The lowest BCUT2D eigenvalue weighted by molar-refractivity contribution is 0.0693. The summed E-state index contributed by atoms with van der Waals surface area (Å²) >= 11 is 0. The van der Waals surface area contributed by atoms with Gasteiger partial charge < -0.3 is 5.11 Å². The highest BCUT2D eigenvalue weighted by Crippen LogP contribution is 2.20. The summed E-state index contributed by atoms with van der Waals surface area (Å²) in [6, 6.07) is 9.57. The highest BCUT2D eigenvalue weighted by atomic mass is 19.3. The van der Waals surface area contributed by atoms with Crippen LogP contribution in [0.15, 0.2) is 47.3 Å². The zero-order chi connectivity index (χ0) is 14.0. The molecule has 4 nitrogen and oxygen atoms in total. The topological polar surface area (TPSA) is 59.3 Å². The van der Waals surface area contributed by atoms with E-state index in [0.717, 1.165) is 12.1 Å². The van der Waals surface area contributed by atoms with Gasteiger partial charge in [0.05, 0.1) is 5.69 Å². The molecule has 0 fully saturated rings. The van der Waals surface area contributed by atoms with Crippen LogP contribution in [-0.4, -0.2) is 15.6 Å². The molecule has 0 radical (unpaired) electrons. The van der Waals surface area contributed by atoms with Crippen LogP contribution in [0.4, 0.5) is 8.78 Å². The Kier molecular flexibility index (Phi) is 3.41. The molecule has 2 rings (SSSR count). The maximum Gasteiger partial charge on any atom is 0.341 e. The number of halogens is 2. The van der Waals surface area contributed by atoms with E-state index < -0.39 is 29.2 Å². The maximum absolute atomic E-state index is 12.9. The number of carboxylic acids is 1. The highest BCUT2D eigenvalue weighted by Gasteiger charge is 2.19. The van der Waals surface area contributed by atoms with Gasteiger partial charge in [0.2, 0.25) is 0 Å². The molecule has 0 atom stereocenters. The first-order chi connectivity index (χ1) is 9.02. The molecule has 0 unspecified atom stereocenters. The smallest absolute Gasteiger partial charge is 0.341 e. The van der Waals surface area contributed by atoms with Crippen molar-refractivity contribution in [1.82, 2.24) is 4.57 Å². The second kappa shape index (κ2) is 5.01. The van der Waals surface area contributed by atoms with E-state index in [0.29, 0.717) is 4.57 Å². The van der Waals surface area contributed by atoms with Gasteiger partial charge in [-0.3, -0.25) is 9.36 Å². The highest BCUT2D eigenvalue weighted by molar-refractivity contribution is 5.87. The molecule has 98 valence electrons. The normalized spacial score (nSPS) is 10.7. The number of benzene rings is 1. The summed E-state index contributed by atoms with van der Waals surface area (Å²) in [7, 11) is 0. The van der Waals surface area contributed by atoms with E-state index in [-0.39, 0.29) is 5.69 Å². The number of carbonyl (C=O) groups is 1. The summed E-state index contributed by atoms with van der Waals surface area (Å²) in [5, 5.41) is 8.87.